The van der Waals surface area contributed by atoms with E-state index in [-0.39, 0.29) is 0 Å². The quantitative estimate of drug-likeness (QED) is 0.809. The van der Waals surface area contributed by atoms with Crippen molar-refractivity contribution in [2.75, 3.05) is 20.2 Å². The molecule has 1 aliphatic rings. The van der Waals surface area contributed by atoms with E-state index in [4.69, 9.17) is 4.74 Å². The molecular formula is C18H27N3OS. The second-order valence-corrected chi connectivity index (χ2v) is 7.96. The molecule has 126 valence electrons. The Bertz CT molecular complexity index is 626. The molecule has 3 rings (SSSR count). The summed E-state index contributed by atoms with van der Waals surface area (Å²) >= 11 is 1.93. The van der Waals surface area contributed by atoms with Crippen LogP contribution >= 0.6 is 11.3 Å². The van der Waals surface area contributed by atoms with E-state index in [0.717, 1.165) is 24.8 Å². The highest BCUT2D eigenvalue weighted by Crippen LogP contribution is 2.24. The minimum Gasteiger partial charge on any atom is -0.377 e. The predicted molar refractivity (Wildman–Crippen MR) is 94.7 cm³/mol. The van der Waals surface area contributed by atoms with Gasteiger partial charge in [0.1, 0.15) is 12.4 Å². The van der Waals surface area contributed by atoms with Gasteiger partial charge >= 0.3 is 0 Å². The fourth-order valence-electron chi connectivity index (χ4n) is 3.38. The average molecular weight is 334 g/mol. The van der Waals surface area contributed by atoms with Crippen LogP contribution in [0.25, 0.3) is 0 Å². The molecule has 2 aromatic heterocycles. The molecule has 2 aromatic rings. The van der Waals surface area contributed by atoms with Gasteiger partial charge in [0.25, 0.3) is 0 Å². The predicted octanol–water partition coefficient (Wildman–Crippen LogP) is 3.62. The van der Waals surface area contributed by atoms with E-state index >= 15 is 0 Å². The van der Waals surface area contributed by atoms with Gasteiger partial charge in [-0.25, -0.2) is 4.98 Å². The highest BCUT2D eigenvalue weighted by molar-refractivity contribution is 7.11. The fourth-order valence-corrected chi connectivity index (χ4v) is 4.31. The minimum absolute atomic E-state index is 0.602. The molecule has 0 radical (unpaired) electrons. The van der Waals surface area contributed by atoms with Crippen molar-refractivity contribution in [2.45, 2.75) is 46.4 Å². The van der Waals surface area contributed by atoms with Gasteiger partial charge in [-0.05, 0) is 57.8 Å². The Morgan fingerprint density at radius 3 is 2.70 bits per heavy atom. The molecule has 0 aliphatic carbocycles. The summed E-state index contributed by atoms with van der Waals surface area (Å²) in [6.07, 6.45) is 4.51. The van der Waals surface area contributed by atoms with Crippen molar-refractivity contribution in [3.8, 4) is 0 Å². The van der Waals surface area contributed by atoms with Crippen LogP contribution in [0.4, 0.5) is 0 Å². The molecule has 23 heavy (non-hydrogen) atoms. The summed E-state index contributed by atoms with van der Waals surface area (Å²) in [7, 11) is 1.74. The van der Waals surface area contributed by atoms with E-state index in [1.807, 2.05) is 17.5 Å². The van der Waals surface area contributed by atoms with Gasteiger partial charge in [-0.15, -0.1) is 11.3 Å². The topological polar surface area (TPSA) is 30.3 Å². The first-order valence-electron chi connectivity index (χ1n) is 8.43. The molecule has 0 bridgehead atoms. The highest BCUT2D eigenvalue weighted by atomic mass is 32.1. The standard InChI is InChI=1S/C18H27N3OS/c1-14-10-19-18(13-22-3)21(14)11-16-6-8-20(9-7-16)12-17-5-4-15(2)23-17/h4-5,10,16H,6-9,11-13H2,1-3H3. The smallest absolute Gasteiger partial charge is 0.134 e. The van der Waals surface area contributed by atoms with E-state index in [2.05, 4.69) is 40.4 Å². The summed E-state index contributed by atoms with van der Waals surface area (Å²) in [5.74, 6) is 1.81. The summed E-state index contributed by atoms with van der Waals surface area (Å²) in [5.41, 5.74) is 1.24. The van der Waals surface area contributed by atoms with E-state index in [9.17, 15) is 0 Å². The number of piperidine rings is 1. The SMILES string of the molecule is COCc1ncc(C)n1CC1CCN(Cc2ccc(C)s2)CC1. The number of ether oxygens (including phenoxy) is 1. The van der Waals surface area contributed by atoms with Gasteiger partial charge < -0.3 is 9.30 Å². The zero-order valence-corrected chi connectivity index (χ0v) is 15.2. The Hall–Kier alpha value is -1.17. The van der Waals surface area contributed by atoms with Crippen LogP contribution in [0.3, 0.4) is 0 Å². The van der Waals surface area contributed by atoms with Crippen molar-refractivity contribution in [2.24, 2.45) is 5.92 Å². The lowest BCUT2D eigenvalue weighted by Gasteiger charge is -2.32. The van der Waals surface area contributed by atoms with E-state index in [1.165, 1.54) is 41.4 Å². The first-order valence-corrected chi connectivity index (χ1v) is 9.25. The number of thiophene rings is 1. The number of rotatable bonds is 6. The van der Waals surface area contributed by atoms with Gasteiger partial charge in [-0.3, -0.25) is 4.90 Å². The molecule has 3 heterocycles. The van der Waals surface area contributed by atoms with Gasteiger partial charge in [0, 0.05) is 41.8 Å². The first kappa shape index (κ1) is 16.7. The Morgan fingerprint density at radius 2 is 2.04 bits per heavy atom. The van der Waals surface area contributed by atoms with Crippen molar-refractivity contribution < 1.29 is 4.74 Å². The summed E-state index contributed by atoms with van der Waals surface area (Å²) < 4.78 is 7.61. The lowest BCUT2D eigenvalue weighted by molar-refractivity contribution is 0.156. The Kier molecular flexibility index (Phi) is 5.51. The summed E-state index contributed by atoms with van der Waals surface area (Å²) in [6, 6.07) is 4.50. The normalized spacial score (nSPS) is 17.0. The van der Waals surface area contributed by atoms with Crippen LogP contribution in [-0.4, -0.2) is 34.7 Å². The monoisotopic (exact) mass is 333 g/mol. The largest absolute Gasteiger partial charge is 0.377 e. The molecule has 1 aliphatic heterocycles. The van der Waals surface area contributed by atoms with E-state index in [0.29, 0.717) is 6.61 Å². The van der Waals surface area contributed by atoms with Crippen molar-refractivity contribution in [3.05, 3.63) is 39.6 Å². The number of likely N-dealkylation sites (tertiary alicyclic amines) is 1. The van der Waals surface area contributed by atoms with E-state index < -0.39 is 0 Å². The van der Waals surface area contributed by atoms with Gasteiger partial charge in [-0.2, -0.15) is 0 Å². The molecule has 4 nitrogen and oxygen atoms in total. The molecule has 0 N–H and O–H groups in total. The van der Waals surface area contributed by atoms with Gasteiger partial charge in [-0.1, -0.05) is 0 Å². The number of nitrogens with zero attached hydrogens (tertiary/aromatic N) is 3. The molecule has 1 saturated heterocycles. The molecule has 0 amide bonds. The maximum Gasteiger partial charge on any atom is 0.134 e. The highest BCUT2D eigenvalue weighted by Gasteiger charge is 2.21. The van der Waals surface area contributed by atoms with Gasteiger partial charge in [0.2, 0.25) is 0 Å². The van der Waals surface area contributed by atoms with Crippen LogP contribution in [0.1, 0.15) is 34.1 Å². The van der Waals surface area contributed by atoms with Crippen molar-refractivity contribution in [3.63, 3.8) is 0 Å². The number of aryl methyl sites for hydroxylation is 2. The van der Waals surface area contributed by atoms with Crippen LogP contribution in [0.15, 0.2) is 18.3 Å². The number of aromatic nitrogens is 2. The minimum atomic E-state index is 0.602. The van der Waals surface area contributed by atoms with Crippen LogP contribution in [-0.2, 0) is 24.4 Å². The third-order valence-corrected chi connectivity index (χ3v) is 5.72. The molecule has 0 spiro atoms. The lowest BCUT2D eigenvalue weighted by atomic mass is 9.96. The molecular weight excluding hydrogens is 306 g/mol. The third kappa shape index (κ3) is 4.22. The maximum absolute atomic E-state index is 5.27. The number of hydrogen-bond donors (Lipinski definition) is 0. The molecule has 5 heteroatoms. The second-order valence-electron chi connectivity index (χ2n) is 6.59. The fraction of sp³-hybridized carbons (Fsp3) is 0.611. The summed E-state index contributed by atoms with van der Waals surface area (Å²) in [4.78, 5) is 9.98. The summed E-state index contributed by atoms with van der Waals surface area (Å²) in [5, 5.41) is 0. The van der Waals surface area contributed by atoms with Gasteiger partial charge in [0.05, 0.1) is 0 Å². The van der Waals surface area contributed by atoms with Crippen LogP contribution < -0.4 is 0 Å². The molecule has 0 atom stereocenters. The van der Waals surface area contributed by atoms with Gasteiger partial charge in [0.15, 0.2) is 0 Å². The average Bonchev–Trinajstić information content (AvgIpc) is 3.10. The van der Waals surface area contributed by atoms with Crippen LogP contribution in [0.5, 0.6) is 0 Å². The Labute approximate surface area is 143 Å². The number of methoxy groups -OCH3 is 1. The zero-order valence-electron chi connectivity index (χ0n) is 14.4. The third-order valence-electron chi connectivity index (χ3n) is 4.73. The second kappa shape index (κ2) is 7.60. The number of hydrogen-bond acceptors (Lipinski definition) is 4. The molecule has 1 fully saturated rings. The molecule has 0 unspecified atom stereocenters. The zero-order chi connectivity index (χ0) is 16.2. The Morgan fingerprint density at radius 1 is 1.26 bits per heavy atom. The van der Waals surface area contributed by atoms with Crippen molar-refractivity contribution in [1.82, 2.24) is 14.5 Å². The Balaban J connectivity index is 1.52. The van der Waals surface area contributed by atoms with Crippen molar-refractivity contribution >= 4 is 11.3 Å². The van der Waals surface area contributed by atoms with Crippen LogP contribution in [0.2, 0.25) is 0 Å². The van der Waals surface area contributed by atoms with Crippen LogP contribution in [0, 0.1) is 19.8 Å². The van der Waals surface area contributed by atoms with Crippen molar-refractivity contribution in [1.29, 1.82) is 0 Å². The molecule has 0 aromatic carbocycles. The van der Waals surface area contributed by atoms with E-state index in [1.54, 1.807) is 7.11 Å². The summed E-state index contributed by atoms with van der Waals surface area (Å²) in [6.45, 7) is 9.53. The first-order chi connectivity index (χ1) is 11.2. The number of imidazole rings is 1. The maximum atomic E-state index is 5.27. The lowest BCUT2D eigenvalue weighted by Crippen LogP contribution is -2.34. The molecule has 0 saturated carbocycles.